The fraction of sp³-hybridized carbons (Fsp3) is 0.286. The molecule has 0 saturated heterocycles. The van der Waals surface area contributed by atoms with E-state index in [0.29, 0.717) is 23.2 Å². The van der Waals surface area contributed by atoms with Crippen LogP contribution in [-0.2, 0) is 17.8 Å². The maximum atomic E-state index is 11.9. The van der Waals surface area contributed by atoms with Crippen LogP contribution in [-0.4, -0.2) is 25.1 Å². The van der Waals surface area contributed by atoms with Crippen molar-refractivity contribution in [3.05, 3.63) is 34.8 Å². The lowest BCUT2D eigenvalue weighted by Crippen LogP contribution is -2.24. The molecule has 0 aliphatic rings. The lowest BCUT2D eigenvalue weighted by Gasteiger charge is -2.09. The first-order chi connectivity index (χ1) is 10.1. The molecule has 1 heterocycles. The summed E-state index contributed by atoms with van der Waals surface area (Å²) in [4.78, 5) is 16.0. The number of carbonyl (C=O) groups is 1. The number of benzene rings is 1. The molecule has 0 radical (unpaired) electrons. The maximum Gasteiger partial charge on any atom is 0.224 e. The molecular weight excluding hydrogens is 290 g/mol. The molecular formula is C14H17N3O3S. The van der Waals surface area contributed by atoms with E-state index in [1.54, 1.807) is 26.4 Å². The van der Waals surface area contributed by atoms with Gasteiger partial charge in [-0.15, -0.1) is 11.3 Å². The van der Waals surface area contributed by atoms with Gasteiger partial charge >= 0.3 is 0 Å². The van der Waals surface area contributed by atoms with Crippen LogP contribution in [0.5, 0.6) is 11.5 Å². The second-order valence-electron chi connectivity index (χ2n) is 4.32. The van der Waals surface area contributed by atoms with Crippen LogP contribution in [0.3, 0.4) is 0 Å². The van der Waals surface area contributed by atoms with Crippen LogP contribution < -0.4 is 20.5 Å². The Hall–Kier alpha value is -2.28. The van der Waals surface area contributed by atoms with Crippen molar-refractivity contribution in [2.24, 2.45) is 0 Å². The summed E-state index contributed by atoms with van der Waals surface area (Å²) in [6.45, 7) is 0.375. The molecule has 1 aromatic heterocycles. The highest BCUT2D eigenvalue weighted by atomic mass is 32.1. The number of carbonyl (C=O) groups excluding carboxylic acids is 1. The van der Waals surface area contributed by atoms with Crippen LogP contribution in [0.1, 0.15) is 11.3 Å². The van der Waals surface area contributed by atoms with Crippen LogP contribution in [0.2, 0.25) is 0 Å². The smallest absolute Gasteiger partial charge is 0.224 e. The molecule has 0 fully saturated rings. The number of nitrogen functional groups attached to an aromatic ring is 1. The van der Waals surface area contributed by atoms with Crippen molar-refractivity contribution in [1.82, 2.24) is 10.3 Å². The molecule has 0 aliphatic carbocycles. The van der Waals surface area contributed by atoms with Crippen molar-refractivity contribution in [3.63, 3.8) is 0 Å². The Kier molecular flexibility index (Phi) is 4.99. The van der Waals surface area contributed by atoms with Crippen molar-refractivity contribution in [2.45, 2.75) is 13.0 Å². The molecule has 7 heteroatoms. The Morgan fingerprint density at radius 2 is 2.10 bits per heavy atom. The molecule has 0 spiro atoms. The number of rotatable bonds is 6. The summed E-state index contributed by atoms with van der Waals surface area (Å²) in [5.74, 6) is 1.16. The Bertz CT molecular complexity index is 628. The van der Waals surface area contributed by atoms with Crippen LogP contribution in [0.15, 0.2) is 23.6 Å². The monoisotopic (exact) mass is 307 g/mol. The van der Waals surface area contributed by atoms with E-state index in [4.69, 9.17) is 15.2 Å². The van der Waals surface area contributed by atoms with E-state index < -0.39 is 0 Å². The fourth-order valence-electron chi connectivity index (χ4n) is 1.83. The highest BCUT2D eigenvalue weighted by molar-refractivity contribution is 7.13. The summed E-state index contributed by atoms with van der Waals surface area (Å²) in [5, 5.41) is 5.13. The Labute approximate surface area is 126 Å². The lowest BCUT2D eigenvalue weighted by atomic mass is 10.1. The third kappa shape index (κ3) is 4.09. The van der Waals surface area contributed by atoms with Gasteiger partial charge in [-0.25, -0.2) is 4.98 Å². The Morgan fingerprint density at radius 3 is 2.71 bits per heavy atom. The van der Waals surface area contributed by atoms with E-state index >= 15 is 0 Å². The molecule has 2 rings (SSSR count). The third-order valence-electron chi connectivity index (χ3n) is 2.85. The number of hydrogen-bond donors (Lipinski definition) is 2. The molecule has 2 aromatic rings. The summed E-state index contributed by atoms with van der Waals surface area (Å²) in [7, 11) is 3.14. The number of nitrogens with two attached hydrogens (primary N) is 1. The van der Waals surface area contributed by atoms with Gasteiger partial charge < -0.3 is 20.5 Å². The third-order valence-corrected chi connectivity index (χ3v) is 3.57. The number of thiazole rings is 1. The van der Waals surface area contributed by atoms with E-state index in [2.05, 4.69) is 10.3 Å². The molecule has 1 amide bonds. The second-order valence-corrected chi connectivity index (χ2v) is 5.21. The van der Waals surface area contributed by atoms with Gasteiger partial charge in [-0.3, -0.25) is 4.79 Å². The number of amides is 1. The van der Waals surface area contributed by atoms with E-state index in [9.17, 15) is 4.79 Å². The minimum absolute atomic E-state index is 0.0891. The first-order valence-corrected chi connectivity index (χ1v) is 7.18. The zero-order chi connectivity index (χ0) is 15.2. The molecule has 6 nitrogen and oxygen atoms in total. The van der Waals surface area contributed by atoms with Crippen molar-refractivity contribution < 1.29 is 14.3 Å². The van der Waals surface area contributed by atoms with Gasteiger partial charge in [-0.2, -0.15) is 0 Å². The molecule has 0 aliphatic heterocycles. The maximum absolute atomic E-state index is 11.9. The van der Waals surface area contributed by atoms with E-state index in [1.165, 1.54) is 11.3 Å². The minimum atomic E-state index is -0.0891. The number of hydrogen-bond acceptors (Lipinski definition) is 6. The van der Waals surface area contributed by atoms with Crippen molar-refractivity contribution in [1.29, 1.82) is 0 Å². The number of nitrogens with one attached hydrogen (secondary N) is 1. The average molecular weight is 307 g/mol. The van der Waals surface area contributed by atoms with Crippen LogP contribution >= 0.6 is 11.3 Å². The molecule has 21 heavy (non-hydrogen) atoms. The van der Waals surface area contributed by atoms with Gasteiger partial charge in [0.05, 0.1) is 32.9 Å². The van der Waals surface area contributed by atoms with Gasteiger partial charge in [-0.05, 0) is 17.7 Å². The second kappa shape index (κ2) is 6.94. The number of nitrogens with zero attached hydrogens (tertiary/aromatic N) is 1. The SMILES string of the molecule is COc1ccc(CC(=O)NCc2csc(N)n2)cc1OC. The Balaban J connectivity index is 1.93. The standard InChI is InChI=1S/C14H17N3O3S/c1-19-11-4-3-9(5-12(11)20-2)6-13(18)16-7-10-8-21-14(15)17-10/h3-5,8H,6-7H2,1-2H3,(H2,15,17)(H,16,18). The van der Waals surface area contributed by atoms with Gasteiger partial charge in [0.2, 0.25) is 5.91 Å². The van der Waals surface area contributed by atoms with Crippen LogP contribution in [0, 0.1) is 0 Å². The normalized spacial score (nSPS) is 10.2. The van der Waals surface area contributed by atoms with Crippen LogP contribution in [0.4, 0.5) is 5.13 Å². The highest BCUT2D eigenvalue weighted by Gasteiger charge is 2.09. The molecule has 0 unspecified atom stereocenters. The summed E-state index contributed by atoms with van der Waals surface area (Å²) in [6.07, 6.45) is 0.264. The van der Waals surface area contributed by atoms with Gasteiger partial charge in [0.1, 0.15) is 0 Å². The predicted molar refractivity (Wildman–Crippen MR) is 81.6 cm³/mol. The zero-order valence-electron chi connectivity index (χ0n) is 11.9. The van der Waals surface area contributed by atoms with Crippen molar-refractivity contribution >= 4 is 22.4 Å². The molecule has 0 bridgehead atoms. The number of anilines is 1. The zero-order valence-corrected chi connectivity index (χ0v) is 12.7. The molecule has 1 aromatic carbocycles. The van der Waals surface area contributed by atoms with Gasteiger partial charge in [0.15, 0.2) is 16.6 Å². The van der Waals surface area contributed by atoms with E-state index in [0.717, 1.165) is 11.3 Å². The summed E-state index contributed by atoms with van der Waals surface area (Å²) in [6, 6.07) is 5.41. The summed E-state index contributed by atoms with van der Waals surface area (Å²) in [5.41, 5.74) is 7.15. The fourth-order valence-corrected chi connectivity index (χ4v) is 2.39. The van der Waals surface area contributed by atoms with Gasteiger partial charge in [-0.1, -0.05) is 6.07 Å². The molecule has 3 N–H and O–H groups in total. The molecule has 0 saturated carbocycles. The van der Waals surface area contributed by atoms with Crippen molar-refractivity contribution in [3.8, 4) is 11.5 Å². The van der Waals surface area contributed by atoms with Crippen molar-refractivity contribution in [2.75, 3.05) is 20.0 Å². The Morgan fingerprint density at radius 1 is 1.33 bits per heavy atom. The number of methoxy groups -OCH3 is 2. The highest BCUT2D eigenvalue weighted by Crippen LogP contribution is 2.27. The number of ether oxygens (including phenoxy) is 2. The largest absolute Gasteiger partial charge is 0.493 e. The van der Waals surface area contributed by atoms with E-state index in [-0.39, 0.29) is 12.3 Å². The predicted octanol–water partition coefficient (Wildman–Crippen LogP) is 1.60. The summed E-state index contributed by atoms with van der Waals surface area (Å²) < 4.78 is 10.4. The van der Waals surface area contributed by atoms with Gasteiger partial charge in [0.25, 0.3) is 0 Å². The first-order valence-electron chi connectivity index (χ1n) is 6.30. The quantitative estimate of drug-likeness (QED) is 0.846. The minimum Gasteiger partial charge on any atom is -0.493 e. The first kappa shape index (κ1) is 15.1. The summed E-state index contributed by atoms with van der Waals surface area (Å²) >= 11 is 1.35. The van der Waals surface area contributed by atoms with Gasteiger partial charge in [0, 0.05) is 5.38 Å². The number of aromatic nitrogens is 1. The molecule has 0 atom stereocenters. The lowest BCUT2D eigenvalue weighted by molar-refractivity contribution is -0.120. The average Bonchev–Trinajstić information content (AvgIpc) is 2.90. The topological polar surface area (TPSA) is 86.5 Å². The van der Waals surface area contributed by atoms with Crippen LogP contribution in [0.25, 0.3) is 0 Å². The van der Waals surface area contributed by atoms with E-state index in [1.807, 2.05) is 11.4 Å². The molecule has 112 valence electrons.